The lowest BCUT2D eigenvalue weighted by atomic mass is 9.90. The number of anilines is 1. The van der Waals surface area contributed by atoms with Crippen LogP contribution in [0.3, 0.4) is 0 Å². The van der Waals surface area contributed by atoms with E-state index >= 15 is 0 Å². The fourth-order valence-electron chi connectivity index (χ4n) is 3.25. The van der Waals surface area contributed by atoms with E-state index in [2.05, 4.69) is 26.4 Å². The van der Waals surface area contributed by atoms with E-state index in [1.807, 2.05) is 39.8 Å². The van der Waals surface area contributed by atoms with Gasteiger partial charge in [0, 0.05) is 5.69 Å². The van der Waals surface area contributed by atoms with Crippen LogP contribution in [0.4, 0.5) is 10.5 Å². The monoisotopic (exact) mass is 495 g/mol. The number of benzene rings is 1. The first-order valence-electron chi connectivity index (χ1n) is 10.5. The van der Waals surface area contributed by atoms with Crippen LogP contribution >= 0.6 is 11.3 Å². The van der Waals surface area contributed by atoms with Gasteiger partial charge in [0.25, 0.3) is 0 Å². The lowest BCUT2D eigenvalue weighted by molar-refractivity contribution is 0.0779. The molecule has 5 N–H and O–H groups in total. The summed E-state index contributed by atoms with van der Waals surface area (Å²) >= 11 is 0.858. The molecule has 1 aromatic carbocycles. The number of aliphatic hydroxyl groups excluding tert-OH is 1. The van der Waals surface area contributed by atoms with Gasteiger partial charge in [-0.15, -0.1) is 15.7 Å². The van der Waals surface area contributed by atoms with Crippen molar-refractivity contribution in [3.8, 4) is 0 Å². The Labute approximate surface area is 199 Å². The molecular formula is C22H33N5O4S2. The minimum atomic E-state index is -3.72. The largest absolute Gasteiger partial charge is 0.390 e. The van der Waals surface area contributed by atoms with E-state index in [0.717, 1.165) is 28.0 Å². The van der Waals surface area contributed by atoms with Gasteiger partial charge in [0.1, 0.15) is 14.8 Å². The van der Waals surface area contributed by atoms with E-state index in [-0.39, 0.29) is 26.7 Å². The highest BCUT2D eigenvalue weighted by Crippen LogP contribution is 2.35. The molecule has 2 amide bonds. The van der Waals surface area contributed by atoms with E-state index < -0.39 is 28.2 Å². The number of aromatic nitrogens is 1. The molecule has 9 nitrogen and oxygen atoms in total. The fourth-order valence-corrected chi connectivity index (χ4v) is 5.71. The van der Waals surface area contributed by atoms with E-state index in [1.54, 1.807) is 0 Å². The van der Waals surface area contributed by atoms with E-state index in [4.69, 9.17) is 5.14 Å². The molecule has 2 rings (SSSR count). The summed E-state index contributed by atoms with van der Waals surface area (Å²) in [4.78, 5) is 20.9. The molecule has 0 saturated carbocycles. The number of nitrogens with zero attached hydrogens (tertiary/aromatic N) is 3. The van der Waals surface area contributed by atoms with Crippen molar-refractivity contribution in [3.63, 3.8) is 0 Å². The first kappa shape index (κ1) is 27.1. The van der Waals surface area contributed by atoms with E-state index in [9.17, 15) is 19.2 Å². The van der Waals surface area contributed by atoms with Gasteiger partial charge in [0.2, 0.25) is 0 Å². The fraction of sp³-hybridized carbons (Fsp3) is 0.500. The van der Waals surface area contributed by atoms with Crippen molar-refractivity contribution in [2.45, 2.75) is 76.3 Å². The molecule has 0 aliphatic carbocycles. The summed E-state index contributed by atoms with van der Waals surface area (Å²) < 4.78 is 16.9. The zero-order valence-electron chi connectivity index (χ0n) is 19.9. The van der Waals surface area contributed by atoms with Gasteiger partial charge < -0.3 is 15.5 Å². The standard InChI is InChI=1S/C22H33N5O4S2/c1-12(2)15-8-14(10-24-7)9-16(13(3)4)18(15)26-21(29)27-33(23,31)19-17(11-28)25-20(32-19)22(5,6)30/h8-9,12-13,28,30H,7,10-11H2,1-6H3,(H3,23,26,27,29,31). The maximum atomic E-state index is 13.2. The molecule has 0 radical (unpaired) electrons. The Hall–Kier alpha value is -2.18. The molecule has 0 fully saturated rings. The molecule has 0 bridgehead atoms. The number of aliphatic imine (C=N–C) groups is 1. The van der Waals surface area contributed by atoms with Gasteiger partial charge in [-0.3, -0.25) is 4.99 Å². The van der Waals surface area contributed by atoms with Crippen LogP contribution in [0.1, 0.15) is 80.8 Å². The summed E-state index contributed by atoms with van der Waals surface area (Å²) in [5, 5.41) is 28.8. The van der Waals surface area contributed by atoms with Gasteiger partial charge in [-0.2, -0.15) is 0 Å². The molecule has 1 aromatic heterocycles. The van der Waals surface area contributed by atoms with E-state index in [0.29, 0.717) is 12.2 Å². The minimum absolute atomic E-state index is 0.0215. The van der Waals surface area contributed by atoms with Crippen LogP contribution in [0.25, 0.3) is 0 Å². The smallest absolute Gasteiger partial charge is 0.354 e. The van der Waals surface area contributed by atoms with Crippen molar-refractivity contribution in [1.29, 1.82) is 0 Å². The average Bonchev–Trinajstić information content (AvgIpc) is 3.14. The molecule has 33 heavy (non-hydrogen) atoms. The van der Waals surface area contributed by atoms with Gasteiger partial charge in [-0.25, -0.2) is 19.1 Å². The summed E-state index contributed by atoms with van der Waals surface area (Å²) in [5.41, 5.74) is 2.06. The SMILES string of the molecule is C=NCc1cc(C(C)C)c(NC(=O)N=S(N)(=O)c2sc(C(C)(C)O)nc2CO)c(C(C)C)c1. The summed E-state index contributed by atoms with van der Waals surface area (Å²) in [6, 6.07) is 3.05. The predicted octanol–water partition coefficient (Wildman–Crippen LogP) is 4.24. The van der Waals surface area contributed by atoms with Crippen molar-refractivity contribution in [3.05, 3.63) is 39.5 Å². The normalized spacial score (nSPS) is 13.8. The van der Waals surface area contributed by atoms with Crippen LogP contribution in [-0.4, -0.2) is 32.2 Å². The average molecular weight is 496 g/mol. The van der Waals surface area contributed by atoms with Crippen molar-refractivity contribution in [2.24, 2.45) is 14.5 Å². The zero-order chi connectivity index (χ0) is 25.1. The molecule has 0 aliphatic rings. The number of rotatable bonds is 8. The van der Waals surface area contributed by atoms with Crippen LogP contribution in [0.15, 0.2) is 25.7 Å². The third kappa shape index (κ3) is 6.45. The molecule has 0 spiro atoms. The number of carbonyl (C=O) groups is 1. The number of nitrogens with one attached hydrogen (secondary N) is 1. The molecular weight excluding hydrogens is 462 g/mol. The highest BCUT2D eigenvalue weighted by Gasteiger charge is 2.27. The Morgan fingerprint density at radius 2 is 1.82 bits per heavy atom. The number of aliphatic hydroxyl groups is 2. The van der Waals surface area contributed by atoms with E-state index in [1.165, 1.54) is 13.8 Å². The maximum Gasteiger partial charge on any atom is 0.354 e. The van der Waals surface area contributed by atoms with Gasteiger partial charge >= 0.3 is 6.03 Å². The molecule has 1 heterocycles. The first-order chi connectivity index (χ1) is 15.2. The number of amides is 2. The Morgan fingerprint density at radius 1 is 1.27 bits per heavy atom. The number of thiazole rings is 1. The molecule has 1 unspecified atom stereocenters. The molecule has 2 aromatic rings. The van der Waals surface area contributed by atoms with Gasteiger partial charge in [-0.05, 0) is 49.1 Å². The zero-order valence-corrected chi connectivity index (χ0v) is 21.5. The number of hydrogen-bond donors (Lipinski definition) is 4. The quantitative estimate of drug-likeness (QED) is 0.404. The van der Waals surface area contributed by atoms with Gasteiger partial charge in [-0.1, -0.05) is 39.8 Å². The summed E-state index contributed by atoms with van der Waals surface area (Å²) in [6.07, 6.45) is 0. The maximum absolute atomic E-state index is 13.2. The lowest BCUT2D eigenvalue weighted by Crippen LogP contribution is -2.19. The molecule has 11 heteroatoms. The second-order valence-corrected chi connectivity index (χ2v) is 11.9. The first-order valence-corrected chi connectivity index (χ1v) is 12.9. The van der Waals surface area contributed by atoms with Crippen molar-refractivity contribution >= 4 is 39.7 Å². The van der Waals surface area contributed by atoms with Gasteiger partial charge in [0.15, 0.2) is 9.92 Å². The number of carbonyl (C=O) groups excluding carboxylic acids is 1. The molecule has 1 atom stereocenters. The molecule has 182 valence electrons. The lowest BCUT2D eigenvalue weighted by Gasteiger charge is -2.21. The third-order valence-corrected chi connectivity index (χ3v) is 8.22. The van der Waals surface area contributed by atoms with Crippen LogP contribution in [0.2, 0.25) is 0 Å². The van der Waals surface area contributed by atoms with Crippen molar-refractivity contribution < 1.29 is 19.2 Å². The highest BCUT2D eigenvalue weighted by atomic mass is 32.2. The van der Waals surface area contributed by atoms with Crippen molar-refractivity contribution in [2.75, 3.05) is 5.32 Å². The Morgan fingerprint density at radius 3 is 2.24 bits per heavy atom. The topological polar surface area (TPSA) is 150 Å². The van der Waals surface area contributed by atoms with Crippen LogP contribution in [0, 0.1) is 0 Å². The number of urea groups is 1. The summed E-state index contributed by atoms with van der Waals surface area (Å²) in [7, 11) is -3.72. The molecule has 0 aliphatic heterocycles. The minimum Gasteiger partial charge on any atom is -0.390 e. The van der Waals surface area contributed by atoms with Crippen LogP contribution in [-0.2, 0) is 28.7 Å². The summed E-state index contributed by atoms with van der Waals surface area (Å²) in [5.74, 6) is 0.170. The third-order valence-electron chi connectivity index (χ3n) is 4.85. The Balaban J connectivity index is 2.55. The highest BCUT2D eigenvalue weighted by molar-refractivity contribution is 7.93. The van der Waals surface area contributed by atoms with Crippen LogP contribution in [0.5, 0.6) is 0 Å². The second-order valence-electron chi connectivity index (χ2n) is 8.90. The predicted molar refractivity (Wildman–Crippen MR) is 133 cm³/mol. The number of nitrogens with two attached hydrogens (primary N) is 1. The van der Waals surface area contributed by atoms with Gasteiger partial charge in [0.05, 0.1) is 18.8 Å². The Kier molecular flexibility index (Phi) is 8.52. The van der Waals surface area contributed by atoms with Crippen LogP contribution < -0.4 is 10.5 Å². The second kappa shape index (κ2) is 10.4. The number of hydrogen-bond acceptors (Lipinski definition) is 7. The van der Waals surface area contributed by atoms with Crippen molar-refractivity contribution in [1.82, 2.24) is 4.98 Å². The molecule has 0 saturated heterocycles. The Bertz CT molecular complexity index is 1130. The summed E-state index contributed by atoms with van der Waals surface area (Å²) in [6.45, 7) is 14.5.